The fourth-order valence-electron chi connectivity index (χ4n) is 3.32. The highest BCUT2D eigenvalue weighted by Gasteiger charge is 2.28. The molecule has 162 valence electrons. The number of fused-ring (bicyclic) bond motifs is 2. The predicted octanol–water partition coefficient (Wildman–Crippen LogP) is 6.97. The number of benzene rings is 1. The summed E-state index contributed by atoms with van der Waals surface area (Å²) < 4.78 is 1.17. The van der Waals surface area contributed by atoms with Gasteiger partial charge in [-0.2, -0.15) is 0 Å². The largest absolute Gasteiger partial charge is 0.314 e. The average molecular weight is 444 g/mol. The quantitative estimate of drug-likeness (QED) is 0.443. The van der Waals surface area contributed by atoms with Crippen molar-refractivity contribution < 1.29 is 4.79 Å². The number of thiazole rings is 1. The third kappa shape index (κ3) is 5.17. The summed E-state index contributed by atoms with van der Waals surface area (Å²) in [5, 5.41) is 4.89. The highest BCUT2D eigenvalue weighted by atomic mass is 32.1. The molecule has 0 unspecified atom stereocenters. The molecule has 2 aromatic heterocycles. The normalized spacial score (nSPS) is 13.0. The van der Waals surface area contributed by atoms with Crippen LogP contribution in [0.25, 0.3) is 20.8 Å². The van der Waals surface area contributed by atoms with Crippen LogP contribution in [0.3, 0.4) is 0 Å². The highest BCUT2D eigenvalue weighted by molar-refractivity contribution is 7.22. The van der Waals surface area contributed by atoms with E-state index in [2.05, 4.69) is 36.7 Å². The molecule has 3 heterocycles. The van der Waals surface area contributed by atoms with E-state index in [4.69, 9.17) is 4.98 Å². The van der Waals surface area contributed by atoms with Gasteiger partial charge in [-0.3, -0.25) is 9.69 Å². The summed E-state index contributed by atoms with van der Waals surface area (Å²) in [6.07, 6.45) is 2.31. The van der Waals surface area contributed by atoms with Gasteiger partial charge < -0.3 is 5.32 Å². The van der Waals surface area contributed by atoms with Gasteiger partial charge in [-0.05, 0) is 44.0 Å². The molecule has 4 nitrogen and oxygen atoms in total. The molecule has 1 aromatic carbocycles. The fraction of sp³-hybridized carbons (Fsp3) is 0.417. The van der Waals surface area contributed by atoms with E-state index in [0.717, 1.165) is 40.6 Å². The molecule has 3 aromatic rings. The molecule has 0 fully saturated rings. The van der Waals surface area contributed by atoms with Gasteiger partial charge in [0.1, 0.15) is 10.0 Å². The minimum Gasteiger partial charge on any atom is -0.314 e. The number of amides is 1. The summed E-state index contributed by atoms with van der Waals surface area (Å²) in [6, 6.07) is 8.70. The van der Waals surface area contributed by atoms with Gasteiger partial charge in [-0.25, -0.2) is 4.98 Å². The molecule has 0 radical (unpaired) electrons. The summed E-state index contributed by atoms with van der Waals surface area (Å²) in [5.41, 5.74) is 3.45. The van der Waals surface area contributed by atoms with E-state index in [1.54, 1.807) is 22.7 Å². The zero-order valence-electron chi connectivity index (χ0n) is 18.9. The van der Waals surface area contributed by atoms with Gasteiger partial charge in [-0.1, -0.05) is 46.4 Å². The Morgan fingerprint density at radius 3 is 2.53 bits per heavy atom. The van der Waals surface area contributed by atoms with Crippen molar-refractivity contribution in [3.8, 4) is 10.6 Å². The predicted molar refractivity (Wildman–Crippen MR) is 134 cm³/mol. The monoisotopic (exact) mass is 443 g/mol. The molecule has 1 N–H and O–H groups in total. The van der Waals surface area contributed by atoms with Gasteiger partial charge in [0, 0.05) is 29.6 Å². The molecule has 1 aliphatic rings. The van der Waals surface area contributed by atoms with Gasteiger partial charge >= 0.3 is 0 Å². The van der Waals surface area contributed by atoms with E-state index in [1.165, 1.54) is 21.2 Å². The number of anilines is 1. The molecule has 0 atom stereocenters. The van der Waals surface area contributed by atoms with Crippen LogP contribution >= 0.6 is 22.7 Å². The molecular weight excluding hydrogens is 410 g/mol. The van der Waals surface area contributed by atoms with Crippen molar-refractivity contribution in [3.05, 3.63) is 47.4 Å². The number of carbonyl (C=O) groups is 1. The first kappa shape index (κ1) is 24.3. The molecule has 0 saturated heterocycles. The Labute approximate surface area is 188 Å². The number of rotatable bonds is 4. The van der Waals surface area contributed by atoms with Gasteiger partial charge in [-0.15, -0.1) is 22.7 Å². The number of nitrogens with one attached hydrogen (secondary N) is 1. The van der Waals surface area contributed by atoms with E-state index in [0.29, 0.717) is 6.04 Å². The Bertz CT molecular complexity index is 955. The first-order chi connectivity index (χ1) is 14.6. The van der Waals surface area contributed by atoms with Gasteiger partial charge in [0.05, 0.1) is 10.2 Å². The van der Waals surface area contributed by atoms with Crippen molar-refractivity contribution in [2.75, 3.05) is 11.9 Å². The fourth-order valence-corrected chi connectivity index (χ4v) is 5.71. The molecule has 0 aliphatic carbocycles. The molecule has 6 heteroatoms. The highest BCUT2D eigenvalue weighted by Crippen LogP contribution is 2.45. The summed E-state index contributed by atoms with van der Waals surface area (Å²) >= 11 is 3.37. The maximum Gasteiger partial charge on any atom is 0.248 e. The Hall–Kier alpha value is -2.02. The minimum absolute atomic E-state index is 0.174. The van der Waals surface area contributed by atoms with Crippen molar-refractivity contribution in [3.63, 3.8) is 0 Å². The average Bonchev–Trinajstić information content (AvgIpc) is 3.36. The maximum atomic E-state index is 12.0. The van der Waals surface area contributed by atoms with Crippen molar-refractivity contribution in [1.29, 1.82) is 0 Å². The van der Waals surface area contributed by atoms with E-state index in [-0.39, 0.29) is 5.91 Å². The second kappa shape index (κ2) is 11.4. The second-order valence-corrected chi connectivity index (χ2v) is 8.84. The second-order valence-electron chi connectivity index (χ2n) is 6.70. The first-order valence-corrected chi connectivity index (χ1v) is 12.4. The molecule has 0 spiro atoms. The van der Waals surface area contributed by atoms with E-state index in [9.17, 15) is 4.79 Å². The topological polar surface area (TPSA) is 45.2 Å². The van der Waals surface area contributed by atoms with Crippen LogP contribution in [0.5, 0.6) is 0 Å². The third-order valence-corrected chi connectivity index (χ3v) is 6.93. The molecule has 0 saturated carbocycles. The molecular formula is C24H33N3OS2. The van der Waals surface area contributed by atoms with Crippen LogP contribution < -0.4 is 5.32 Å². The zero-order chi connectivity index (χ0) is 22.3. The summed E-state index contributed by atoms with van der Waals surface area (Å²) in [7, 11) is 0. The summed E-state index contributed by atoms with van der Waals surface area (Å²) in [4.78, 5) is 20.6. The molecule has 0 bridgehead atoms. The van der Waals surface area contributed by atoms with Crippen LogP contribution in [-0.4, -0.2) is 28.4 Å². The molecule has 4 rings (SSSR count). The first-order valence-electron chi connectivity index (χ1n) is 10.7. The Balaban J connectivity index is 0.000000757. The van der Waals surface area contributed by atoms with E-state index >= 15 is 0 Å². The van der Waals surface area contributed by atoms with Crippen molar-refractivity contribution in [2.45, 2.75) is 60.5 Å². The van der Waals surface area contributed by atoms with Crippen LogP contribution in [0.15, 0.2) is 36.9 Å². The SMILES string of the molecule is C=CC(=O)Nc1sc2c(c1-c1nc3ccccc3s1)CCN(C(C)C)C2.CC.CC. The summed E-state index contributed by atoms with van der Waals surface area (Å²) in [5.74, 6) is -0.174. The molecule has 30 heavy (non-hydrogen) atoms. The van der Waals surface area contributed by atoms with Crippen molar-refractivity contribution in [2.24, 2.45) is 0 Å². The standard InChI is InChI=1S/C20H21N3OS2.2C2H6/c1-4-17(24)22-20-18(19-21-14-7-5-6-8-15(14)25-19)13-9-10-23(12(2)3)11-16(13)26-20;2*1-2/h4-8,12H,1,9-11H2,2-3H3,(H,22,24);2*1-2H3. The number of para-hydroxylation sites is 1. The number of nitrogens with zero attached hydrogens (tertiary/aromatic N) is 2. The maximum absolute atomic E-state index is 12.0. The Kier molecular flexibility index (Phi) is 9.21. The number of aromatic nitrogens is 1. The van der Waals surface area contributed by atoms with Crippen LogP contribution in [-0.2, 0) is 17.8 Å². The lowest BCUT2D eigenvalue weighted by Gasteiger charge is -2.30. The third-order valence-electron chi connectivity index (χ3n) is 4.75. The van der Waals surface area contributed by atoms with Crippen LogP contribution in [0.1, 0.15) is 52.0 Å². The lowest BCUT2D eigenvalue weighted by atomic mass is 10.0. The lowest BCUT2D eigenvalue weighted by molar-refractivity contribution is -0.111. The van der Waals surface area contributed by atoms with Crippen molar-refractivity contribution in [1.82, 2.24) is 9.88 Å². The van der Waals surface area contributed by atoms with E-state index in [1.807, 2.05) is 45.9 Å². The van der Waals surface area contributed by atoms with Crippen LogP contribution in [0, 0.1) is 0 Å². The Morgan fingerprint density at radius 1 is 1.20 bits per heavy atom. The summed E-state index contributed by atoms with van der Waals surface area (Å²) in [6.45, 7) is 18.0. The number of hydrogen-bond donors (Lipinski definition) is 1. The number of thiophene rings is 1. The van der Waals surface area contributed by atoms with Crippen molar-refractivity contribution >= 4 is 43.8 Å². The number of hydrogen-bond acceptors (Lipinski definition) is 5. The Morgan fingerprint density at radius 2 is 1.90 bits per heavy atom. The van der Waals surface area contributed by atoms with Crippen LogP contribution in [0.4, 0.5) is 5.00 Å². The lowest BCUT2D eigenvalue weighted by Crippen LogP contribution is -2.35. The minimum atomic E-state index is -0.174. The number of carbonyl (C=O) groups excluding carboxylic acids is 1. The van der Waals surface area contributed by atoms with E-state index < -0.39 is 0 Å². The van der Waals surface area contributed by atoms with Gasteiger partial charge in [0.2, 0.25) is 5.91 Å². The molecule has 1 amide bonds. The van der Waals surface area contributed by atoms with Gasteiger partial charge in [0.15, 0.2) is 0 Å². The zero-order valence-corrected chi connectivity index (χ0v) is 20.5. The smallest absolute Gasteiger partial charge is 0.248 e. The van der Waals surface area contributed by atoms with Gasteiger partial charge in [0.25, 0.3) is 0 Å². The van der Waals surface area contributed by atoms with Crippen LogP contribution in [0.2, 0.25) is 0 Å². The molecule has 1 aliphatic heterocycles.